The third-order valence-electron chi connectivity index (χ3n) is 5.13. The van der Waals surface area contributed by atoms with E-state index in [2.05, 4.69) is 18.7 Å². The van der Waals surface area contributed by atoms with E-state index >= 15 is 0 Å². The number of hydrogen-bond donors (Lipinski definition) is 0. The van der Waals surface area contributed by atoms with Crippen molar-refractivity contribution in [2.24, 2.45) is 11.8 Å². The van der Waals surface area contributed by atoms with Crippen molar-refractivity contribution in [1.29, 1.82) is 0 Å². The number of unbranched alkanes of at least 4 members (excludes halogenated alkanes) is 4. The van der Waals surface area contributed by atoms with Crippen molar-refractivity contribution in [1.82, 2.24) is 4.90 Å². The van der Waals surface area contributed by atoms with Crippen LogP contribution in [-0.2, 0) is 14.3 Å². The minimum absolute atomic E-state index is 0.0778. The molecule has 134 valence electrons. The van der Waals surface area contributed by atoms with Gasteiger partial charge in [-0.15, -0.1) is 6.58 Å². The third kappa shape index (κ3) is 5.50. The molecule has 1 aliphatic heterocycles. The predicted molar refractivity (Wildman–Crippen MR) is 95.4 cm³/mol. The first-order valence-electron chi connectivity index (χ1n) is 9.34. The zero-order valence-electron chi connectivity index (χ0n) is 14.9. The monoisotopic (exact) mass is 333 g/mol. The second-order valence-electron chi connectivity index (χ2n) is 6.94. The zero-order valence-corrected chi connectivity index (χ0v) is 14.9. The van der Waals surface area contributed by atoms with Gasteiger partial charge < -0.3 is 9.64 Å². The summed E-state index contributed by atoms with van der Waals surface area (Å²) < 4.78 is 4.74. The highest BCUT2D eigenvalue weighted by Crippen LogP contribution is 2.40. The molecule has 0 unspecified atom stereocenters. The Hall–Kier alpha value is -1.58. The van der Waals surface area contributed by atoms with Crippen LogP contribution < -0.4 is 0 Å². The van der Waals surface area contributed by atoms with Gasteiger partial charge in [0.2, 0.25) is 5.91 Å². The van der Waals surface area contributed by atoms with Gasteiger partial charge >= 0.3 is 5.97 Å². The molecular weight excluding hydrogens is 302 g/mol. The van der Waals surface area contributed by atoms with Gasteiger partial charge in [-0.1, -0.05) is 31.1 Å². The van der Waals surface area contributed by atoms with E-state index in [4.69, 9.17) is 4.74 Å². The molecule has 1 aliphatic carbocycles. The van der Waals surface area contributed by atoms with Gasteiger partial charge in [0.15, 0.2) is 0 Å². The molecular formula is C20H31NO3. The zero-order chi connectivity index (χ0) is 17.4. The Morgan fingerprint density at radius 3 is 2.79 bits per heavy atom. The standard InChI is InChI=1S/C20H31NO3/c1-3-17-12-10-14-21(17)19(22)13-9-7-5-4-6-8-11-16-15-18(16)20(23)24-2/h3,8,11,16-18H,1,4-7,9-10,12-15H2,2H3/b11-8-/t16-,17-,18+/m1/s1. The normalized spacial score (nSPS) is 25.9. The van der Waals surface area contributed by atoms with Crippen molar-refractivity contribution in [3.8, 4) is 0 Å². The molecule has 3 atom stereocenters. The summed E-state index contributed by atoms with van der Waals surface area (Å²) in [7, 11) is 1.45. The number of carbonyl (C=O) groups is 2. The largest absolute Gasteiger partial charge is 0.469 e. The molecule has 24 heavy (non-hydrogen) atoms. The molecule has 2 rings (SSSR count). The van der Waals surface area contributed by atoms with Gasteiger partial charge in [0, 0.05) is 19.0 Å². The van der Waals surface area contributed by atoms with Gasteiger partial charge in [-0.2, -0.15) is 0 Å². The van der Waals surface area contributed by atoms with Crippen LogP contribution in [0.3, 0.4) is 0 Å². The number of likely N-dealkylation sites (tertiary alicyclic amines) is 1. The highest BCUT2D eigenvalue weighted by Gasteiger charge is 2.41. The van der Waals surface area contributed by atoms with Gasteiger partial charge in [0.1, 0.15) is 0 Å². The van der Waals surface area contributed by atoms with Crippen LogP contribution in [0.5, 0.6) is 0 Å². The molecule has 4 nitrogen and oxygen atoms in total. The van der Waals surface area contributed by atoms with Crippen molar-refractivity contribution < 1.29 is 14.3 Å². The molecule has 0 N–H and O–H groups in total. The van der Waals surface area contributed by atoms with Gasteiger partial charge in [-0.25, -0.2) is 0 Å². The second-order valence-corrected chi connectivity index (χ2v) is 6.94. The van der Waals surface area contributed by atoms with E-state index in [1.807, 2.05) is 11.0 Å². The van der Waals surface area contributed by atoms with Crippen molar-refractivity contribution >= 4 is 11.9 Å². The Morgan fingerprint density at radius 1 is 1.25 bits per heavy atom. The van der Waals surface area contributed by atoms with Crippen LogP contribution in [0.25, 0.3) is 0 Å². The Bertz CT molecular complexity index is 472. The second kappa shape index (κ2) is 9.65. The van der Waals surface area contributed by atoms with E-state index in [-0.39, 0.29) is 17.9 Å². The molecule has 0 aromatic heterocycles. The fraction of sp³-hybridized carbons (Fsp3) is 0.700. The van der Waals surface area contributed by atoms with E-state index in [1.54, 1.807) is 0 Å². The van der Waals surface area contributed by atoms with E-state index < -0.39 is 0 Å². The first kappa shape index (κ1) is 18.8. The molecule has 2 fully saturated rings. The number of hydrogen-bond acceptors (Lipinski definition) is 3. The smallest absolute Gasteiger partial charge is 0.309 e. The first-order valence-corrected chi connectivity index (χ1v) is 9.34. The molecule has 0 aromatic carbocycles. The number of amides is 1. The summed E-state index contributed by atoms with van der Waals surface area (Å²) in [6, 6.07) is 0.263. The Morgan fingerprint density at radius 2 is 2.04 bits per heavy atom. The number of allylic oxidation sites excluding steroid dienone is 2. The lowest BCUT2D eigenvalue weighted by Crippen LogP contribution is -2.33. The topological polar surface area (TPSA) is 46.6 Å². The third-order valence-corrected chi connectivity index (χ3v) is 5.13. The summed E-state index contributed by atoms with van der Waals surface area (Å²) in [6.07, 6.45) is 15.5. The summed E-state index contributed by atoms with van der Waals surface area (Å²) in [5.41, 5.74) is 0. The summed E-state index contributed by atoms with van der Waals surface area (Å²) >= 11 is 0. The van der Waals surface area contributed by atoms with Crippen molar-refractivity contribution in [2.75, 3.05) is 13.7 Å². The van der Waals surface area contributed by atoms with Crippen LogP contribution in [0.2, 0.25) is 0 Å². The number of ether oxygens (including phenoxy) is 1. The number of rotatable bonds is 10. The average Bonchev–Trinajstić information content (AvgIpc) is 3.20. The van der Waals surface area contributed by atoms with Gasteiger partial charge in [-0.05, 0) is 44.4 Å². The summed E-state index contributed by atoms with van der Waals surface area (Å²) in [5, 5.41) is 0. The summed E-state index contributed by atoms with van der Waals surface area (Å²) in [6.45, 7) is 4.72. The molecule has 1 amide bonds. The van der Waals surface area contributed by atoms with E-state index in [0.717, 1.165) is 57.9 Å². The van der Waals surface area contributed by atoms with Crippen molar-refractivity contribution in [2.45, 2.75) is 63.8 Å². The maximum Gasteiger partial charge on any atom is 0.309 e. The highest BCUT2D eigenvalue weighted by atomic mass is 16.5. The first-order chi connectivity index (χ1) is 11.7. The highest BCUT2D eigenvalue weighted by molar-refractivity contribution is 5.77. The maximum atomic E-state index is 12.2. The minimum atomic E-state index is -0.0778. The Labute approximate surface area is 145 Å². The average molecular weight is 333 g/mol. The van der Waals surface area contributed by atoms with E-state index in [9.17, 15) is 9.59 Å². The van der Waals surface area contributed by atoms with Crippen LogP contribution in [0.15, 0.2) is 24.8 Å². The molecule has 0 spiro atoms. The lowest BCUT2D eigenvalue weighted by atomic mass is 10.1. The van der Waals surface area contributed by atoms with Gasteiger partial charge in [-0.3, -0.25) is 9.59 Å². The van der Waals surface area contributed by atoms with Crippen LogP contribution in [0, 0.1) is 11.8 Å². The number of carbonyl (C=O) groups excluding carboxylic acids is 2. The molecule has 0 aromatic rings. The van der Waals surface area contributed by atoms with Crippen LogP contribution >= 0.6 is 0 Å². The lowest BCUT2D eigenvalue weighted by Gasteiger charge is -2.21. The van der Waals surface area contributed by atoms with Crippen molar-refractivity contribution in [3.63, 3.8) is 0 Å². The number of nitrogens with zero attached hydrogens (tertiary/aromatic N) is 1. The van der Waals surface area contributed by atoms with E-state index in [0.29, 0.717) is 18.2 Å². The molecule has 2 aliphatic rings. The molecule has 1 saturated heterocycles. The fourth-order valence-corrected chi connectivity index (χ4v) is 3.50. The fourth-order valence-electron chi connectivity index (χ4n) is 3.50. The Kier molecular flexibility index (Phi) is 7.54. The Balaban J connectivity index is 1.46. The van der Waals surface area contributed by atoms with Gasteiger partial charge in [0.05, 0.1) is 13.0 Å². The number of esters is 1. The van der Waals surface area contributed by atoms with Gasteiger partial charge in [0.25, 0.3) is 0 Å². The van der Waals surface area contributed by atoms with Crippen molar-refractivity contribution in [3.05, 3.63) is 24.8 Å². The van der Waals surface area contributed by atoms with Crippen LogP contribution in [-0.4, -0.2) is 36.5 Å². The molecule has 0 bridgehead atoms. The quantitative estimate of drug-likeness (QED) is 0.346. The van der Waals surface area contributed by atoms with E-state index in [1.165, 1.54) is 7.11 Å². The molecule has 0 radical (unpaired) electrons. The lowest BCUT2D eigenvalue weighted by molar-refractivity contribution is -0.142. The summed E-state index contributed by atoms with van der Waals surface area (Å²) in [5.74, 6) is 0.710. The molecule has 1 heterocycles. The molecule has 4 heteroatoms. The van der Waals surface area contributed by atoms with Crippen LogP contribution in [0.1, 0.15) is 57.8 Å². The number of methoxy groups -OCH3 is 1. The maximum absolute atomic E-state index is 12.2. The SMILES string of the molecule is C=C[C@@H]1CCCN1C(=O)CCCCCC/C=C\[C@@H]1C[C@@H]1C(=O)OC. The molecule has 1 saturated carbocycles. The van der Waals surface area contributed by atoms with Crippen LogP contribution in [0.4, 0.5) is 0 Å². The minimum Gasteiger partial charge on any atom is -0.469 e. The summed E-state index contributed by atoms with van der Waals surface area (Å²) in [4.78, 5) is 25.4. The predicted octanol–water partition coefficient (Wildman–Crippen LogP) is 3.87.